The van der Waals surface area contributed by atoms with Crippen LogP contribution in [-0.2, 0) is 6.42 Å². The molecule has 19 heavy (non-hydrogen) atoms. The number of hydrogen-bond acceptors (Lipinski definition) is 4. The second-order valence-corrected chi connectivity index (χ2v) is 4.47. The quantitative estimate of drug-likeness (QED) is 0.888. The number of rotatable bonds is 5. The Morgan fingerprint density at radius 2 is 2.05 bits per heavy atom. The molecule has 2 rings (SSSR count). The molecule has 0 aliphatic carbocycles. The van der Waals surface area contributed by atoms with E-state index in [1.54, 1.807) is 6.07 Å². The lowest BCUT2D eigenvalue weighted by atomic mass is 10.1. The predicted molar refractivity (Wildman–Crippen MR) is 74.6 cm³/mol. The van der Waals surface area contributed by atoms with Crippen molar-refractivity contribution in [2.75, 3.05) is 5.32 Å². The van der Waals surface area contributed by atoms with E-state index in [0.29, 0.717) is 11.4 Å². The molecule has 0 fully saturated rings. The van der Waals surface area contributed by atoms with E-state index in [4.69, 9.17) is 5.26 Å². The van der Waals surface area contributed by atoms with Gasteiger partial charge in [0.1, 0.15) is 6.07 Å². The minimum absolute atomic E-state index is 0.240. The molecule has 4 heteroatoms. The van der Waals surface area contributed by atoms with E-state index < -0.39 is 0 Å². The summed E-state index contributed by atoms with van der Waals surface area (Å²) >= 11 is 0. The van der Waals surface area contributed by atoms with E-state index in [1.165, 1.54) is 11.8 Å². The van der Waals surface area contributed by atoms with Crippen LogP contribution in [0.25, 0.3) is 0 Å². The zero-order valence-electron chi connectivity index (χ0n) is 10.9. The zero-order chi connectivity index (χ0) is 13.5. The van der Waals surface area contributed by atoms with Crippen molar-refractivity contribution < 1.29 is 0 Å². The minimum atomic E-state index is 0.240. The molecule has 0 saturated heterocycles. The van der Waals surface area contributed by atoms with Crippen molar-refractivity contribution in [1.82, 2.24) is 10.2 Å². The van der Waals surface area contributed by atoms with Gasteiger partial charge in [0.05, 0.1) is 11.8 Å². The predicted octanol–water partition coefficient (Wildman–Crippen LogP) is 2.78. The van der Waals surface area contributed by atoms with Gasteiger partial charge in [-0.05, 0) is 31.4 Å². The monoisotopic (exact) mass is 252 g/mol. The summed E-state index contributed by atoms with van der Waals surface area (Å²) in [6.07, 6.45) is 3.50. The number of aryl methyl sites for hydroxylation is 1. The minimum Gasteiger partial charge on any atom is -0.365 e. The molecule has 0 spiro atoms. The summed E-state index contributed by atoms with van der Waals surface area (Å²) in [6, 6.07) is 14.4. The highest BCUT2D eigenvalue weighted by Crippen LogP contribution is 2.12. The van der Waals surface area contributed by atoms with Crippen LogP contribution in [0.4, 0.5) is 5.82 Å². The van der Waals surface area contributed by atoms with E-state index in [0.717, 1.165) is 12.8 Å². The standard InChI is InChI=1S/C15H16N4/c1-12(7-8-13-5-3-2-4-6-13)18-15-14(11-16)9-10-17-19-15/h2-6,9-10,12H,7-8H2,1H3,(H,18,19). The van der Waals surface area contributed by atoms with Gasteiger partial charge in [0, 0.05) is 6.04 Å². The number of aromatic nitrogens is 2. The second kappa shape index (κ2) is 6.50. The molecule has 0 amide bonds. The number of nitriles is 1. The molecule has 2 aromatic rings. The SMILES string of the molecule is CC(CCc1ccccc1)Nc1nnccc1C#N. The first-order chi connectivity index (χ1) is 9.29. The van der Waals surface area contributed by atoms with E-state index in [9.17, 15) is 0 Å². The maximum Gasteiger partial charge on any atom is 0.166 e. The molecule has 0 aliphatic rings. The van der Waals surface area contributed by atoms with Crippen molar-refractivity contribution in [2.24, 2.45) is 0 Å². The van der Waals surface area contributed by atoms with Crippen LogP contribution in [0.2, 0.25) is 0 Å². The second-order valence-electron chi connectivity index (χ2n) is 4.47. The van der Waals surface area contributed by atoms with E-state index in [1.807, 2.05) is 18.2 Å². The van der Waals surface area contributed by atoms with Crippen LogP contribution < -0.4 is 5.32 Å². The van der Waals surface area contributed by atoms with Gasteiger partial charge in [-0.15, -0.1) is 5.10 Å². The highest BCUT2D eigenvalue weighted by molar-refractivity contribution is 5.50. The van der Waals surface area contributed by atoms with Gasteiger partial charge in [0.15, 0.2) is 5.82 Å². The van der Waals surface area contributed by atoms with Gasteiger partial charge in [0.2, 0.25) is 0 Å². The van der Waals surface area contributed by atoms with Crippen LogP contribution in [0.1, 0.15) is 24.5 Å². The lowest BCUT2D eigenvalue weighted by Crippen LogP contribution is -2.18. The van der Waals surface area contributed by atoms with Crippen molar-refractivity contribution >= 4 is 5.82 Å². The zero-order valence-corrected chi connectivity index (χ0v) is 10.9. The molecule has 0 radical (unpaired) electrons. The summed E-state index contributed by atoms with van der Waals surface area (Å²) in [7, 11) is 0. The summed E-state index contributed by atoms with van der Waals surface area (Å²) in [4.78, 5) is 0. The fraction of sp³-hybridized carbons (Fsp3) is 0.267. The molecule has 96 valence electrons. The molecule has 1 aromatic heterocycles. The van der Waals surface area contributed by atoms with Gasteiger partial charge < -0.3 is 5.32 Å². The molecule has 1 aromatic carbocycles. The Morgan fingerprint density at radius 3 is 2.79 bits per heavy atom. The van der Waals surface area contributed by atoms with Crippen molar-refractivity contribution in [3.63, 3.8) is 0 Å². The number of nitrogens with zero attached hydrogens (tertiary/aromatic N) is 3. The number of anilines is 1. The maximum absolute atomic E-state index is 8.98. The third-order valence-corrected chi connectivity index (χ3v) is 2.93. The van der Waals surface area contributed by atoms with Crippen molar-refractivity contribution in [1.29, 1.82) is 5.26 Å². The average molecular weight is 252 g/mol. The maximum atomic E-state index is 8.98. The van der Waals surface area contributed by atoms with E-state index in [2.05, 4.69) is 40.6 Å². The molecule has 1 atom stereocenters. The summed E-state index contributed by atoms with van der Waals surface area (Å²) in [6.45, 7) is 2.08. The molecule has 1 unspecified atom stereocenters. The van der Waals surface area contributed by atoms with Gasteiger partial charge in [-0.25, -0.2) is 0 Å². The molecule has 1 N–H and O–H groups in total. The summed E-state index contributed by atoms with van der Waals surface area (Å²) in [5.74, 6) is 0.561. The van der Waals surface area contributed by atoms with Crippen molar-refractivity contribution in [2.45, 2.75) is 25.8 Å². The molecule has 4 nitrogen and oxygen atoms in total. The smallest absolute Gasteiger partial charge is 0.166 e. The highest BCUT2D eigenvalue weighted by atomic mass is 15.2. The van der Waals surface area contributed by atoms with Crippen LogP contribution in [0, 0.1) is 11.3 Å². The average Bonchev–Trinajstić information content (AvgIpc) is 2.47. The Hall–Kier alpha value is -2.41. The number of benzene rings is 1. The molecular formula is C15H16N4. The van der Waals surface area contributed by atoms with Crippen molar-refractivity contribution in [3.05, 3.63) is 53.7 Å². The molecule has 0 aliphatic heterocycles. The van der Waals surface area contributed by atoms with Gasteiger partial charge in [-0.2, -0.15) is 10.4 Å². The largest absolute Gasteiger partial charge is 0.365 e. The Morgan fingerprint density at radius 1 is 1.26 bits per heavy atom. The van der Waals surface area contributed by atoms with Crippen LogP contribution in [-0.4, -0.2) is 16.2 Å². The first-order valence-electron chi connectivity index (χ1n) is 6.32. The Bertz CT molecular complexity index is 560. The van der Waals surface area contributed by atoms with Gasteiger partial charge in [-0.1, -0.05) is 30.3 Å². The fourth-order valence-corrected chi connectivity index (χ4v) is 1.86. The van der Waals surface area contributed by atoms with E-state index in [-0.39, 0.29) is 6.04 Å². The van der Waals surface area contributed by atoms with E-state index >= 15 is 0 Å². The third-order valence-electron chi connectivity index (χ3n) is 2.93. The summed E-state index contributed by atoms with van der Waals surface area (Å²) in [5.41, 5.74) is 1.84. The first-order valence-corrected chi connectivity index (χ1v) is 6.32. The van der Waals surface area contributed by atoms with Crippen LogP contribution in [0.15, 0.2) is 42.6 Å². The van der Waals surface area contributed by atoms with Gasteiger partial charge >= 0.3 is 0 Å². The summed E-state index contributed by atoms with van der Waals surface area (Å²) in [5, 5.41) is 20.0. The lowest BCUT2D eigenvalue weighted by molar-refractivity contribution is 0.700. The topological polar surface area (TPSA) is 61.6 Å². The Kier molecular flexibility index (Phi) is 4.46. The molecular weight excluding hydrogens is 236 g/mol. The molecule has 0 saturated carbocycles. The van der Waals surface area contributed by atoms with Crippen LogP contribution in [0.3, 0.4) is 0 Å². The third kappa shape index (κ3) is 3.78. The normalized spacial score (nSPS) is 11.6. The Labute approximate surface area is 113 Å². The van der Waals surface area contributed by atoms with Crippen LogP contribution in [0.5, 0.6) is 0 Å². The van der Waals surface area contributed by atoms with Gasteiger partial charge in [0.25, 0.3) is 0 Å². The number of hydrogen-bond donors (Lipinski definition) is 1. The fourth-order valence-electron chi connectivity index (χ4n) is 1.86. The lowest BCUT2D eigenvalue weighted by Gasteiger charge is -2.14. The summed E-state index contributed by atoms with van der Waals surface area (Å²) < 4.78 is 0. The van der Waals surface area contributed by atoms with Crippen LogP contribution >= 0.6 is 0 Å². The Balaban J connectivity index is 1.91. The first kappa shape index (κ1) is 13.0. The van der Waals surface area contributed by atoms with Gasteiger partial charge in [-0.3, -0.25) is 0 Å². The molecule has 0 bridgehead atoms. The number of nitrogens with one attached hydrogen (secondary N) is 1. The highest BCUT2D eigenvalue weighted by Gasteiger charge is 2.07. The van der Waals surface area contributed by atoms with Crippen molar-refractivity contribution in [3.8, 4) is 6.07 Å². The molecule has 1 heterocycles.